The average Bonchev–Trinajstić information content (AvgIpc) is 2.68. The molecule has 0 aliphatic rings. The van der Waals surface area contributed by atoms with Gasteiger partial charge in [0.25, 0.3) is 5.91 Å². The summed E-state index contributed by atoms with van der Waals surface area (Å²) in [7, 11) is 0. The minimum absolute atomic E-state index is 0.259. The Morgan fingerprint density at radius 1 is 1.04 bits per heavy atom. The van der Waals surface area contributed by atoms with Gasteiger partial charge >= 0.3 is 0 Å². The van der Waals surface area contributed by atoms with E-state index in [-0.39, 0.29) is 11.6 Å². The van der Waals surface area contributed by atoms with Crippen LogP contribution in [0.4, 0.5) is 11.6 Å². The van der Waals surface area contributed by atoms with Crippen molar-refractivity contribution in [3.05, 3.63) is 83.7 Å². The van der Waals surface area contributed by atoms with Crippen LogP contribution in [0.3, 0.4) is 0 Å². The maximum absolute atomic E-state index is 12.3. The molecule has 3 rings (SSSR count). The summed E-state index contributed by atoms with van der Waals surface area (Å²) in [6.07, 6.45) is 1.54. The smallest absolute Gasteiger partial charge is 0.274 e. The lowest BCUT2D eigenvalue weighted by Gasteiger charge is -2.07. The predicted octanol–water partition coefficient (Wildman–Crippen LogP) is 3.21. The number of anilines is 2. The highest BCUT2D eigenvalue weighted by Crippen LogP contribution is 2.11. The summed E-state index contributed by atoms with van der Waals surface area (Å²) in [6, 6.07) is 20.1. The van der Waals surface area contributed by atoms with E-state index in [9.17, 15) is 4.79 Å². The molecule has 25 heavy (non-hydrogen) atoms. The Hall–Kier alpha value is -3.72. The van der Waals surface area contributed by atoms with Crippen molar-refractivity contribution in [1.29, 1.82) is 5.26 Å². The molecule has 0 aliphatic carbocycles. The van der Waals surface area contributed by atoms with Gasteiger partial charge in [0.05, 0.1) is 11.6 Å². The molecule has 2 aromatic carbocycles. The first-order chi connectivity index (χ1) is 12.2. The van der Waals surface area contributed by atoms with Crippen LogP contribution in [-0.4, -0.2) is 15.9 Å². The predicted molar refractivity (Wildman–Crippen MR) is 94.9 cm³/mol. The van der Waals surface area contributed by atoms with Crippen LogP contribution in [0.25, 0.3) is 0 Å². The van der Waals surface area contributed by atoms with E-state index in [2.05, 4.69) is 20.6 Å². The van der Waals surface area contributed by atoms with Crippen molar-refractivity contribution in [1.82, 2.24) is 9.97 Å². The quantitative estimate of drug-likeness (QED) is 0.750. The van der Waals surface area contributed by atoms with E-state index in [1.54, 1.807) is 30.3 Å². The molecule has 1 heterocycles. The Kier molecular flexibility index (Phi) is 4.98. The molecule has 6 heteroatoms. The second kappa shape index (κ2) is 7.70. The van der Waals surface area contributed by atoms with E-state index in [1.165, 1.54) is 6.20 Å². The summed E-state index contributed by atoms with van der Waals surface area (Å²) >= 11 is 0. The van der Waals surface area contributed by atoms with Crippen LogP contribution in [0.2, 0.25) is 0 Å². The van der Waals surface area contributed by atoms with Gasteiger partial charge in [0.2, 0.25) is 5.95 Å². The number of amides is 1. The fourth-order valence-corrected chi connectivity index (χ4v) is 2.17. The van der Waals surface area contributed by atoms with Crippen LogP contribution in [0.5, 0.6) is 0 Å². The van der Waals surface area contributed by atoms with Gasteiger partial charge < -0.3 is 10.6 Å². The van der Waals surface area contributed by atoms with Crippen molar-refractivity contribution in [2.45, 2.75) is 6.54 Å². The highest BCUT2D eigenvalue weighted by atomic mass is 16.1. The number of benzene rings is 2. The van der Waals surface area contributed by atoms with Crippen molar-refractivity contribution in [3.63, 3.8) is 0 Å². The maximum Gasteiger partial charge on any atom is 0.274 e. The van der Waals surface area contributed by atoms with Gasteiger partial charge in [-0.2, -0.15) is 5.26 Å². The second-order valence-electron chi connectivity index (χ2n) is 5.25. The zero-order chi connectivity index (χ0) is 17.5. The molecule has 0 bridgehead atoms. The van der Waals surface area contributed by atoms with E-state index in [0.717, 1.165) is 5.56 Å². The van der Waals surface area contributed by atoms with Crippen molar-refractivity contribution >= 4 is 17.5 Å². The Bertz CT molecular complexity index is 901. The van der Waals surface area contributed by atoms with Crippen LogP contribution in [0, 0.1) is 11.3 Å². The molecule has 0 radical (unpaired) electrons. The number of nitrogens with zero attached hydrogens (tertiary/aromatic N) is 3. The van der Waals surface area contributed by atoms with Gasteiger partial charge in [0, 0.05) is 18.4 Å². The molecule has 0 spiro atoms. The summed E-state index contributed by atoms with van der Waals surface area (Å²) in [4.78, 5) is 20.7. The summed E-state index contributed by atoms with van der Waals surface area (Å²) in [5, 5.41) is 14.6. The molecule has 2 N–H and O–H groups in total. The zero-order valence-electron chi connectivity index (χ0n) is 13.3. The molecular formula is C19H15N5O. The first-order valence-corrected chi connectivity index (χ1v) is 7.67. The molecule has 6 nitrogen and oxygen atoms in total. The first-order valence-electron chi connectivity index (χ1n) is 7.67. The molecule has 0 fully saturated rings. The van der Waals surface area contributed by atoms with E-state index in [4.69, 9.17) is 5.26 Å². The summed E-state index contributed by atoms with van der Waals surface area (Å²) < 4.78 is 0. The lowest BCUT2D eigenvalue weighted by atomic mass is 10.2. The number of aromatic nitrogens is 2. The molecule has 0 aliphatic heterocycles. The van der Waals surface area contributed by atoms with Gasteiger partial charge in [0.15, 0.2) is 0 Å². The molecular weight excluding hydrogens is 314 g/mol. The number of nitriles is 1. The monoisotopic (exact) mass is 329 g/mol. The molecule has 122 valence electrons. The minimum Gasteiger partial charge on any atom is -0.350 e. The summed E-state index contributed by atoms with van der Waals surface area (Å²) in [6.45, 7) is 0.571. The first kappa shape index (κ1) is 16.1. The van der Waals surface area contributed by atoms with Crippen LogP contribution in [0.1, 0.15) is 21.6 Å². The van der Waals surface area contributed by atoms with E-state index in [1.807, 2.05) is 36.4 Å². The lowest BCUT2D eigenvalue weighted by molar-refractivity contribution is 0.102. The number of hydrogen-bond donors (Lipinski definition) is 2. The third-order valence-corrected chi connectivity index (χ3v) is 3.45. The number of rotatable bonds is 5. The number of carbonyl (C=O) groups excluding carboxylic acids is 1. The van der Waals surface area contributed by atoms with Crippen molar-refractivity contribution in [2.24, 2.45) is 0 Å². The number of hydrogen-bond acceptors (Lipinski definition) is 5. The van der Waals surface area contributed by atoms with Crippen LogP contribution in [0.15, 0.2) is 66.9 Å². The van der Waals surface area contributed by atoms with Crippen LogP contribution >= 0.6 is 0 Å². The zero-order valence-corrected chi connectivity index (χ0v) is 13.3. The van der Waals surface area contributed by atoms with Crippen LogP contribution in [-0.2, 0) is 6.54 Å². The van der Waals surface area contributed by atoms with Gasteiger partial charge in [0.1, 0.15) is 5.69 Å². The van der Waals surface area contributed by atoms with Crippen LogP contribution < -0.4 is 10.6 Å². The summed E-state index contributed by atoms with van der Waals surface area (Å²) in [5.74, 6) is 0.0474. The topological polar surface area (TPSA) is 90.7 Å². The highest BCUT2D eigenvalue weighted by Gasteiger charge is 2.09. The van der Waals surface area contributed by atoms with Crippen molar-refractivity contribution in [2.75, 3.05) is 10.6 Å². The number of carbonyl (C=O) groups is 1. The molecule has 3 aromatic rings. The van der Waals surface area contributed by atoms with Crippen molar-refractivity contribution < 1.29 is 4.79 Å². The molecule has 0 saturated carbocycles. The van der Waals surface area contributed by atoms with Crippen molar-refractivity contribution in [3.8, 4) is 6.07 Å². The average molecular weight is 329 g/mol. The van der Waals surface area contributed by atoms with E-state index >= 15 is 0 Å². The molecule has 0 atom stereocenters. The molecule has 0 saturated heterocycles. The van der Waals surface area contributed by atoms with Gasteiger partial charge in [-0.25, -0.2) is 9.97 Å². The standard InChI is InChI=1S/C19H15N5O/c20-12-14-6-8-16(9-7-14)23-18(25)17-10-11-21-19(24-17)22-13-15-4-2-1-3-5-15/h1-11H,13H2,(H,23,25)(H,21,22,24). The van der Waals surface area contributed by atoms with E-state index < -0.39 is 0 Å². The Morgan fingerprint density at radius 2 is 1.80 bits per heavy atom. The Balaban J connectivity index is 1.65. The highest BCUT2D eigenvalue weighted by molar-refractivity contribution is 6.02. The second-order valence-corrected chi connectivity index (χ2v) is 5.25. The lowest BCUT2D eigenvalue weighted by Crippen LogP contribution is -2.15. The van der Waals surface area contributed by atoms with Gasteiger partial charge in [-0.3, -0.25) is 4.79 Å². The third kappa shape index (κ3) is 4.39. The fourth-order valence-electron chi connectivity index (χ4n) is 2.17. The minimum atomic E-state index is -0.338. The normalized spacial score (nSPS) is 9.88. The molecule has 1 amide bonds. The van der Waals surface area contributed by atoms with Gasteiger partial charge in [-0.1, -0.05) is 30.3 Å². The fraction of sp³-hybridized carbons (Fsp3) is 0.0526. The molecule has 0 unspecified atom stereocenters. The molecule has 1 aromatic heterocycles. The Labute approximate surface area is 145 Å². The summed E-state index contributed by atoms with van der Waals surface area (Å²) in [5.41, 5.74) is 2.49. The number of nitrogens with one attached hydrogen (secondary N) is 2. The van der Waals surface area contributed by atoms with Gasteiger partial charge in [-0.15, -0.1) is 0 Å². The largest absolute Gasteiger partial charge is 0.350 e. The SMILES string of the molecule is N#Cc1ccc(NC(=O)c2ccnc(NCc3ccccc3)n2)cc1. The van der Waals surface area contributed by atoms with Gasteiger partial charge in [-0.05, 0) is 35.9 Å². The third-order valence-electron chi connectivity index (χ3n) is 3.45. The van der Waals surface area contributed by atoms with E-state index in [0.29, 0.717) is 23.7 Å². The Morgan fingerprint density at radius 3 is 2.52 bits per heavy atom. The maximum atomic E-state index is 12.3.